The van der Waals surface area contributed by atoms with E-state index in [1.165, 1.54) is 19.8 Å². The number of carbonyl (C=O) groups is 2. The highest BCUT2D eigenvalue weighted by Crippen LogP contribution is 2.20. The van der Waals surface area contributed by atoms with Crippen molar-refractivity contribution in [3.8, 4) is 0 Å². The number of carboxylic acid groups (broad SMARTS) is 1. The lowest BCUT2D eigenvalue weighted by molar-refractivity contribution is -0.138. The van der Waals surface area contributed by atoms with Gasteiger partial charge in [-0.05, 0) is 39.3 Å². The van der Waals surface area contributed by atoms with Gasteiger partial charge >= 0.3 is 12.0 Å². The SMILES string of the molecule is C[C@H](NC(=O)N1CCC(N2CCCC2)C1)C(=O)O. The van der Waals surface area contributed by atoms with Gasteiger partial charge in [-0.15, -0.1) is 0 Å². The smallest absolute Gasteiger partial charge is 0.325 e. The fourth-order valence-electron chi connectivity index (χ4n) is 2.67. The topological polar surface area (TPSA) is 72.9 Å². The number of rotatable bonds is 3. The average Bonchev–Trinajstić information content (AvgIpc) is 2.99. The van der Waals surface area contributed by atoms with Gasteiger partial charge < -0.3 is 15.3 Å². The largest absolute Gasteiger partial charge is 0.480 e. The minimum absolute atomic E-state index is 0.258. The third-order valence-corrected chi connectivity index (χ3v) is 3.82. The molecule has 2 amide bonds. The fourth-order valence-corrected chi connectivity index (χ4v) is 2.67. The van der Waals surface area contributed by atoms with Crippen LogP contribution in [0.5, 0.6) is 0 Å². The van der Waals surface area contributed by atoms with Crippen molar-refractivity contribution in [2.75, 3.05) is 26.2 Å². The van der Waals surface area contributed by atoms with Crippen LogP contribution in [0.25, 0.3) is 0 Å². The van der Waals surface area contributed by atoms with E-state index in [0.29, 0.717) is 6.04 Å². The average molecular weight is 255 g/mol. The molecule has 6 heteroatoms. The van der Waals surface area contributed by atoms with Crippen molar-refractivity contribution in [2.45, 2.75) is 38.3 Å². The van der Waals surface area contributed by atoms with Crippen molar-refractivity contribution in [1.82, 2.24) is 15.1 Å². The number of aliphatic carboxylic acids is 1. The third-order valence-electron chi connectivity index (χ3n) is 3.82. The van der Waals surface area contributed by atoms with E-state index in [1.807, 2.05) is 0 Å². The first-order valence-electron chi connectivity index (χ1n) is 6.60. The number of nitrogens with one attached hydrogen (secondary N) is 1. The molecule has 0 aliphatic carbocycles. The van der Waals surface area contributed by atoms with E-state index in [4.69, 9.17) is 5.11 Å². The lowest BCUT2D eigenvalue weighted by Gasteiger charge is -2.24. The zero-order chi connectivity index (χ0) is 13.1. The van der Waals surface area contributed by atoms with E-state index in [0.717, 1.165) is 32.6 Å². The predicted octanol–water partition coefficient (Wildman–Crippen LogP) is 0.339. The zero-order valence-corrected chi connectivity index (χ0v) is 10.8. The van der Waals surface area contributed by atoms with Crippen LogP contribution < -0.4 is 5.32 Å². The van der Waals surface area contributed by atoms with Crippen LogP contribution in [0.1, 0.15) is 26.2 Å². The van der Waals surface area contributed by atoms with Crippen LogP contribution in [0.3, 0.4) is 0 Å². The summed E-state index contributed by atoms with van der Waals surface area (Å²) in [6, 6.07) is -0.631. The molecule has 0 aromatic heterocycles. The molecule has 2 aliphatic heterocycles. The molecule has 0 aromatic rings. The molecular weight excluding hydrogens is 234 g/mol. The van der Waals surface area contributed by atoms with Crippen LogP contribution in [-0.4, -0.2) is 65.2 Å². The number of nitrogens with zero attached hydrogens (tertiary/aromatic N) is 2. The Balaban J connectivity index is 1.80. The molecule has 0 bridgehead atoms. The van der Waals surface area contributed by atoms with Crippen molar-refractivity contribution in [1.29, 1.82) is 0 Å². The van der Waals surface area contributed by atoms with Gasteiger partial charge in [-0.3, -0.25) is 9.69 Å². The van der Waals surface area contributed by atoms with Gasteiger partial charge in [0, 0.05) is 19.1 Å². The van der Waals surface area contributed by atoms with Gasteiger partial charge in [0.25, 0.3) is 0 Å². The summed E-state index contributed by atoms with van der Waals surface area (Å²) in [7, 11) is 0. The summed E-state index contributed by atoms with van der Waals surface area (Å²) in [4.78, 5) is 26.7. The monoisotopic (exact) mass is 255 g/mol. The van der Waals surface area contributed by atoms with Crippen molar-refractivity contribution < 1.29 is 14.7 Å². The summed E-state index contributed by atoms with van der Waals surface area (Å²) in [6.07, 6.45) is 3.49. The molecule has 2 aliphatic rings. The fraction of sp³-hybridized carbons (Fsp3) is 0.833. The van der Waals surface area contributed by atoms with Crippen molar-refractivity contribution in [3.05, 3.63) is 0 Å². The van der Waals surface area contributed by atoms with Crippen LogP contribution in [0.4, 0.5) is 4.79 Å². The van der Waals surface area contributed by atoms with Crippen molar-refractivity contribution in [2.24, 2.45) is 0 Å². The zero-order valence-electron chi connectivity index (χ0n) is 10.8. The maximum absolute atomic E-state index is 11.9. The van der Waals surface area contributed by atoms with Crippen molar-refractivity contribution >= 4 is 12.0 Å². The Bertz CT molecular complexity index is 329. The molecule has 2 saturated heterocycles. The number of hydrogen-bond acceptors (Lipinski definition) is 3. The summed E-state index contributed by atoms with van der Waals surface area (Å²) in [5.74, 6) is -1.00. The molecular formula is C12H21N3O3. The first kappa shape index (κ1) is 13.1. The second-order valence-electron chi connectivity index (χ2n) is 5.14. The standard InChI is InChI=1S/C12H21N3O3/c1-9(11(16)17)13-12(18)15-7-4-10(8-15)14-5-2-3-6-14/h9-10H,2-8H2,1H3,(H,13,18)(H,16,17)/t9-,10?/m0/s1. The number of hydrogen-bond donors (Lipinski definition) is 2. The van der Waals surface area contributed by atoms with E-state index in [-0.39, 0.29) is 6.03 Å². The van der Waals surface area contributed by atoms with E-state index < -0.39 is 12.0 Å². The molecule has 1 unspecified atom stereocenters. The van der Waals surface area contributed by atoms with Crippen LogP contribution in [0.2, 0.25) is 0 Å². The van der Waals surface area contributed by atoms with Gasteiger partial charge in [-0.25, -0.2) is 4.79 Å². The summed E-state index contributed by atoms with van der Waals surface area (Å²) in [6.45, 7) is 5.18. The summed E-state index contributed by atoms with van der Waals surface area (Å²) in [5.41, 5.74) is 0. The number of amides is 2. The lowest BCUT2D eigenvalue weighted by atomic mass is 10.2. The molecule has 0 spiro atoms. The van der Waals surface area contributed by atoms with E-state index >= 15 is 0 Å². The molecule has 0 saturated carbocycles. The quantitative estimate of drug-likeness (QED) is 0.762. The lowest BCUT2D eigenvalue weighted by Crippen LogP contribution is -2.46. The molecule has 0 aromatic carbocycles. The van der Waals surface area contributed by atoms with Crippen LogP contribution >= 0.6 is 0 Å². The Kier molecular flexibility index (Phi) is 4.06. The molecule has 0 radical (unpaired) electrons. The molecule has 2 rings (SSSR count). The van der Waals surface area contributed by atoms with Gasteiger partial charge in [-0.1, -0.05) is 0 Å². The van der Waals surface area contributed by atoms with Crippen LogP contribution in [-0.2, 0) is 4.79 Å². The van der Waals surface area contributed by atoms with Crippen LogP contribution in [0, 0.1) is 0 Å². The molecule has 2 fully saturated rings. The molecule has 2 heterocycles. The maximum Gasteiger partial charge on any atom is 0.325 e. The van der Waals surface area contributed by atoms with Crippen LogP contribution in [0.15, 0.2) is 0 Å². The highest BCUT2D eigenvalue weighted by Gasteiger charge is 2.32. The van der Waals surface area contributed by atoms with Gasteiger partial charge in [-0.2, -0.15) is 0 Å². The molecule has 2 atom stereocenters. The van der Waals surface area contributed by atoms with Gasteiger partial charge in [0.2, 0.25) is 0 Å². The second-order valence-corrected chi connectivity index (χ2v) is 5.14. The van der Waals surface area contributed by atoms with E-state index in [9.17, 15) is 9.59 Å². The van der Waals surface area contributed by atoms with Gasteiger partial charge in [0.1, 0.15) is 6.04 Å². The Labute approximate surface area is 107 Å². The summed E-state index contributed by atoms with van der Waals surface area (Å²) < 4.78 is 0. The highest BCUT2D eigenvalue weighted by molar-refractivity contribution is 5.82. The van der Waals surface area contributed by atoms with Crippen molar-refractivity contribution in [3.63, 3.8) is 0 Å². The Hall–Kier alpha value is -1.30. The molecule has 2 N–H and O–H groups in total. The van der Waals surface area contributed by atoms with E-state index in [2.05, 4.69) is 10.2 Å². The van der Waals surface area contributed by atoms with Gasteiger partial charge in [0.15, 0.2) is 0 Å². The molecule has 102 valence electrons. The second kappa shape index (κ2) is 5.56. The van der Waals surface area contributed by atoms with E-state index in [1.54, 1.807) is 4.90 Å². The Morgan fingerprint density at radius 2 is 1.94 bits per heavy atom. The van der Waals surface area contributed by atoms with Gasteiger partial charge in [0.05, 0.1) is 0 Å². The number of carbonyl (C=O) groups excluding carboxylic acids is 1. The molecule has 18 heavy (non-hydrogen) atoms. The third kappa shape index (κ3) is 2.93. The summed E-state index contributed by atoms with van der Waals surface area (Å²) >= 11 is 0. The maximum atomic E-state index is 11.9. The first-order valence-corrected chi connectivity index (χ1v) is 6.60. The number of urea groups is 1. The number of likely N-dealkylation sites (tertiary alicyclic amines) is 2. The summed E-state index contributed by atoms with van der Waals surface area (Å²) in [5, 5.41) is 11.3. The minimum Gasteiger partial charge on any atom is -0.480 e. The predicted molar refractivity (Wildman–Crippen MR) is 66.4 cm³/mol. The normalized spacial score (nSPS) is 26.3. The molecule has 6 nitrogen and oxygen atoms in total. The Morgan fingerprint density at radius 1 is 1.28 bits per heavy atom. The highest BCUT2D eigenvalue weighted by atomic mass is 16.4. The first-order chi connectivity index (χ1) is 8.58. The Morgan fingerprint density at radius 3 is 2.56 bits per heavy atom. The minimum atomic E-state index is -1.00. The number of carboxylic acids is 1.